The molecule has 4 nitrogen and oxygen atoms in total. The van der Waals surface area contributed by atoms with Crippen molar-refractivity contribution in [3.05, 3.63) is 40.7 Å². The Morgan fingerprint density at radius 3 is 2.46 bits per heavy atom. The second-order valence-electron chi connectivity index (χ2n) is 10.7. The molecular formula is C27H36F4N2O2. The maximum atomic E-state index is 15.7. The number of allylic oxidation sites excluding steroid dienone is 4. The first-order valence-electron chi connectivity index (χ1n) is 12.9. The summed E-state index contributed by atoms with van der Waals surface area (Å²) in [6.45, 7) is 3.62. The van der Waals surface area contributed by atoms with Crippen LogP contribution in [-0.2, 0) is 6.54 Å². The summed E-state index contributed by atoms with van der Waals surface area (Å²) in [7, 11) is 0. The van der Waals surface area contributed by atoms with Crippen LogP contribution in [0.4, 0.5) is 17.6 Å². The number of nitrogens with zero attached hydrogens (tertiary/aromatic N) is 1. The van der Waals surface area contributed by atoms with E-state index in [1.54, 1.807) is 13.0 Å². The summed E-state index contributed by atoms with van der Waals surface area (Å²) in [6.07, 6.45) is 4.73. The molecule has 0 spiro atoms. The van der Waals surface area contributed by atoms with Gasteiger partial charge in [0.05, 0.1) is 23.3 Å². The number of hydrogen-bond donors (Lipinski definition) is 2. The van der Waals surface area contributed by atoms with Gasteiger partial charge in [0, 0.05) is 29.9 Å². The second kappa shape index (κ2) is 10.1. The SMILES string of the molecule is Cc1c(C(=O)N[C@@H]2CCCCC2O)cc(C2=CC(C(F)(F)F)=CCC2(C)F)n1CC1CCCCC1. The van der Waals surface area contributed by atoms with Crippen molar-refractivity contribution in [2.45, 2.75) is 109 Å². The lowest BCUT2D eigenvalue weighted by molar-refractivity contribution is -0.0888. The minimum atomic E-state index is -4.57. The Labute approximate surface area is 204 Å². The quantitative estimate of drug-likeness (QED) is 0.463. The van der Waals surface area contributed by atoms with Gasteiger partial charge in [-0.1, -0.05) is 38.2 Å². The van der Waals surface area contributed by atoms with E-state index in [0.29, 0.717) is 42.3 Å². The molecule has 1 heterocycles. The topological polar surface area (TPSA) is 54.3 Å². The third-order valence-electron chi connectivity index (χ3n) is 7.99. The van der Waals surface area contributed by atoms with Crippen LogP contribution in [0.5, 0.6) is 0 Å². The van der Waals surface area contributed by atoms with Gasteiger partial charge in [0.2, 0.25) is 0 Å². The predicted molar refractivity (Wildman–Crippen MR) is 128 cm³/mol. The van der Waals surface area contributed by atoms with Gasteiger partial charge >= 0.3 is 6.18 Å². The van der Waals surface area contributed by atoms with E-state index >= 15 is 4.39 Å². The van der Waals surface area contributed by atoms with Crippen LogP contribution < -0.4 is 5.32 Å². The normalized spacial score (nSPS) is 28.4. The maximum Gasteiger partial charge on any atom is 0.416 e. The van der Waals surface area contributed by atoms with E-state index in [-0.39, 0.29) is 23.9 Å². The first kappa shape index (κ1) is 26.0. The molecule has 194 valence electrons. The van der Waals surface area contributed by atoms with Gasteiger partial charge in [-0.05, 0) is 57.6 Å². The number of aliphatic hydroxyl groups excluding tert-OH is 1. The summed E-state index contributed by atoms with van der Waals surface area (Å²) in [6, 6.07) is 1.19. The zero-order valence-corrected chi connectivity index (χ0v) is 20.6. The highest BCUT2D eigenvalue weighted by Gasteiger charge is 2.41. The Bertz CT molecular complexity index is 1000. The van der Waals surface area contributed by atoms with E-state index in [1.807, 2.05) is 4.57 Å². The number of alkyl halides is 4. The Balaban J connectivity index is 1.74. The van der Waals surface area contributed by atoms with Gasteiger partial charge in [-0.25, -0.2) is 4.39 Å². The van der Waals surface area contributed by atoms with Gasteiger partial charge in [0.15, 0.2) is 0 Å². The van der Waals surface area contributed by atoms with Gasteiger partial charge in [-0.15, -0.1) is 0 Å². The van der Waals surface area contributed by atoms with Gasteiger partial charge in [-0.3, -0.25) is 4.79 Å². The van der Waals surface area contributed by atoms with Crippen LogP contribution in [0.3, 0.4) is 0 Å². The molecule has 0 bridgehead atoms. The summed E-state index contributed by atoms with van der Waals surface area (Å²) in [5.74, 6) is -0.0435. The maximum absolute atomic E-state index is 15.7. The first-order valence-corrected chi connectivity index (χ1v) is 12.9. The van der Waals surface area contributed by atoms with Crippen molar-refractivity contribution in [3.8, 4) is 0 Å². The molecular weight excluding hydrogens is 460 g/mol. The summed E-state index contributed by atoms with van der Waals surface area (Å²) in [5, 5.41) is 13.2. The fraction of sp³-hybridized carbons (Fsp3) is 0.667. The average Bonchev–Trinajstić information content (AvgIpc) is 3.11. The van der Waals surface area contributed by atoms with Gasteiger partial charge in [-0.2, -0.15) is 13.2 Å². The number of carbonyl (C=O) groups excluding carboxylic acids is 1. The van der Waals surface area contributed by atoms with E-state index in [2.05, 4.69) is 5.32 Å². The number of rotatable bonds is 5. The summed E-state index contributed by atoms with van der Waals surface area (Å²) < 4.78 is 58.1. The minimum absolute atomic E-state index is 0.0389. The van der Waals surface area contributed by atoms with Crippen molar-refractivity contribution in [2.24, 2.45) is 5.92 Å². The lowest BCUT2D eigenvalue weighted by atomic mass is 9.84. The molecule has 2 unspecified atom stereocenters. The zero-order chi connectivity index (χ0) is 25.4. The Hall–Kier alpha value is -2.09. The van der Waals surface area contributed by atoms with Crippen LogP contribution in [0.15, 0.2) is 23.8 Å². The van der Waals surface area contributed by atoms with E-state index in [1.165, 1.54) is 13.3 Å². The van der Waals surface area contributed by atoms with Crippen LogP contribution >= 0.6 is 0 Å². The number of carbonyl (C=O) groups is 1. The van der Waals surface area contributed by atoms with Gasteiger partial charge < -0.3 is 15.0 Å². The van der Waals surface area contributed by atoms with Crippen LogP contribution in [0, 0.1) is 12.8 Å². The van der Waals surface area contributed by atoms with Crippen molar-refractivity contribution in [1.29, 1.82) is 0 Å². The van der Waals surface area contributed by atoms with E-state index in [0.717, 1.165) is 50.7 Å². The third kappa shape index (κ3) is 5.68. The molecule has 2 fully saturated rings. The molecule has 3 atom stereocenters. The molecule has 35 heavy (non-hydrogen) atoms. The number of aliphatic hydroxyl groups is 1. The Morgan fingerprint density at radius 1 is 1.14 bits per heavy atom. The highest BCUT2D eigenvalue weighted by atomic mass is 19.4. The Kier molecular flexibility index (Phi) is 7.51. The molecule has 2 saturated carbocycles. The summed E-state index contributed by atoms with van der Waals surface area (Å²) in [5.41, 5.74) is -1.61. The smallest absolute Gasteiger partial charge is 0.391 e. The number of nitrogens with one attached hydrogen (secondary N) is 1. The fourth-order valence-corrected chi connectivity index (χ4v) is 5.80. The molecule has 1 aromatic rings. The molecule has 1 aromatic heterocycles. The zero-order valence-electron chi connectivity index (χ0n) is 20.6. The number of halogens is 4. The molecule has 0 radical (unpaired) electrons. The molecule has 3 aliphatic carbocycles. The molecule has 4 rings (SSSR count). The van der Waals surface area contributed by atoms with Crippen molar-refractivity contribution >= 4 is 11.5 Å². The minimum Gasteiger partial charge on any atom is -0.391 e. The van der Waals surface area contributed by atoms with Crippen LogP contribution in [-0.4, -0.2) is 39.6 Å². The third-order valence-corrected chi connectivity index (χ3v) is 7.99. The highest BCUT2D eigenvalue weighted by molar-refractivity contribution is 5.97. The highest BCUT2D eigenvalue weighted by Crippen LogP contribution is 2.43. The Morgan fingerprint density at radius 2 is 1.80 bits per heavy atom. The van der Waals surface area contributed by atoms with Crippen molar-refractivity contribution in [2.75, 3.05) is 0 Å². The fourth-order valence-electron chi connectivity index (χ4n) is 5.80. The van der Waals surface area contributed by atoms with Crippen LogP contribution in [0.1, 0.15) is 92.9 Å². The molecule has 8 heteroatoms. The van der Waals surface area contributed by atoms with E-state index in [9.17, 15) is 23.1 Å². The van der Waals surface area contributed by atoms with Gasteiger partial charge in [0.25, 0.3) is 5.91 Å². The van der Waals surface area contributed by atoms with E-state index < -0.39 is 23.5 Å². The van der Waals surface area contributed by atoms with Crippen LogP contribution in [0.2, 0.25) is 0 Å². The lowest BCUT2D eigenvalue weighted by Gasteiger charge is -2.30. The van der Waals surface area contributed by atoms with E-state index in [4.69, 9.17) is 0 Å². The standard InChI is InChI=1S/C27H36F4N2O2/c1-17-20(25(35)32-22-10-6-7-11-24(22)34)15-23(33(17)16-18-8-4-3-5-9-18)21-14-19(27(29,30)31)12-13-26(21,2)28/h12,14-15,18,22,24,34H,3-11,13,16H2,1-2H3,(H,32,35)/t22-,24?,26?/m1/s1. The molecule has 2 N–H and O–H groups in total. The largest absolute Gasteiger partial charge is 0.416 e. The number of aromatic nitrogens is 1. The van der Waals surface area contributed by atoms with Gasteiger partial charge in [0.1, 0.15) is 5.67 Å². The van der Waals surface area contributed by atoms with Crippen molar-refractivity contribution in [3.63, 3.8) is 0 Å². The molecule has 1 amide bonds. The predicted octanol–water partition coefficient (Wildman–Crippen LogP) is 6.41. The van der Waals surface area contributed by atoms with Crippen LogP contribution in [0.25, 0.3) is 5.57 Å². The number of amides is 1. The van der Waals surface area contributed by atoms with Crippen molar-refractivity contribution < 1.29 is 27.5 Å². The molecule has 0 aliphatic heterocycles. The second-order valence-corrected chi connectivity index (χ2v) is 10.7. The lowest BCUT2D eigenvalue weighted by Crippen LogP contribution is -2.45. The van der Waals surface area contributed by atoms with Crippen molar-refractivity contribution in [1.82, 2.24) is 9.88 Å². The molecule has 3 aliphatic rings. The molecule has 0 aromatic carbocycles. The average molecular weight is 497 g/mol. The number of hydrogen-bond acceptors (Lipinski definition) is 2. The molecule has 0 saturated heterocycles. The summed E-state index contributed by atoms with van der Waals surface area (Å²) in [4.78, 5) is 13.3. The first-order chi connectivity index (χ1) is 16.5. The monoisotopic (exact) mass is 496 g/mol. The summed E-state index contributed by atoms with van der Waals surface area (Å²) >= 11 is 0.